The molecule has 0 bridgehead atoms. The molecule has 3 heteroatoms. The fourth-order valence-electron chi connectivity index (χ4n) is 0.586. The molecule has 0 radical (unpaired) electrons. The van der Waals surface area contributed by atoms with Crippen molar-refractivity contribution in [1.82, 2.24) is 0 Å². The number of aliphatic hydroxyl groups excluding tert-OH is 1. The van der Waals surface area contributed by atoms with Gasteiger partial charge in [-0.05, 0) is 13.8 Å². The molecule has 62 valence electrons. The fraction of sp³-hybridized carbons (Fsp3) is 1.00. The van der Waals surface area contributed by atoms with Gasteiger partial charge in [0.25, 0.3) is 0 Å². The second kappa shape index (κ2) is 5.65. The summed E-state index contributed by atoms with van der Waals surface area (Å²) >= 11 is 0. The van der Waals surface area contributed by atoms with E-state index in [2.05, 4.69) is 0 Å². The standard InChI is InChI=1S/C7H16O3/c1-6(8)4-10-7(2)5-9-3/h6-8H,4-5H2,1-3H3/t6-,7-/m1/s1. The van der Waals surface area contributed by atoms with Crippen molar-refractivity contribution in [3.8, 4) is 0 Å². The smallest absolute Gasteiger partial charge is 0.0781 e. The van der Waals surface area contributed by atoms with E-state index in [1.807, 2.05) is 6.92 Å². The summed E-state index contributed by atoms with van der Waals surface area (Å²) in [6.45, 7) is 4.56. The lowest BCUT2D eigenvalue weighted by atomic mass is 10.4. The maximum absolute atomic E-state index is 8.80. The van der Waals surface area contributed by atoms with Crippen LogP contribution in [0.2, 0.25) is 0 Å². The molecule has 0 fully saturated rings. The highest BCUT2D eigenvalue weighted by Gasteiger charge is 2.02. The predicted molar refractivity (Wildman–Crippen MR) is 39.0 cm³/mol. The Morgan fingerprint density at radius 2 is 1.90 bits per heavy atom. The van der Waals surface area contributed by atoms with Gasteiger partial charge in [-0.25, -0.2) is 0 Å². The van der Waals surface area contributed by atoms with E-state index in [0.717, 1.165) is 0 Å². The first-order valence-corrected chi connectivity index (χ1v) is 3.45. The molecule has 0 aromatic carbocycles. The Bertz CT molecular complexity index is 73.3. The minimum Gasteiger partial charge on any atom is -0.391 e. The molecule has 0 amide bonds. The molecule has 0 heterocycles. The Balaban J connectivity index is 3.12. The van der Waals surface area contributed by atoms with Gasteiger partial charge in [-0.2, -0.15) is 0 Å². The number of aliphatic hydroxyl groups is 1. The molecule has 0 saturated carbocycles. The van der Waals surface area contributed by atoms with E-state index in [4.69, 9.17) is 14.6 Å². The Kier molecular flexibility index (Phi) is 5.58. The van der Waals surface area contributed by atoms with Gasteiger partial charge in [0.2, 0.25) is 0 Å². The third-order valence-corrected chi connectivity index (χ3v) is 1.02. The maximum Gasteiger partial charge on any atom is 0.0781 e. The van der Waals surface area contributed by atoms with Crippen LogP contribution in [0.1, 0.15) is 13.8 Å². The zero-order valence-corrected chi connectivity index (χ0v) is 6.83. The first kappa shape index (κ1) is 9.88. The van der Waals surface area contributed by atoms with Gasteiger partial charge in [0, 0.05) is 7.11 Å². The topological polar surface area (TPSA) is 38.7 Å². The molecule has 0 saturated heterocycles. The van der Waals surface area contributed by atoms with Gasteiger partial charge in [-0.15, -0.1) is 0 Å². The van der Waals surface area contributed by atoms with Crippen LogP contribution in [0.5, 0.6) is 0 Å². The Hall–Kier alpha value is -0.120. The highest BCUT2D eigenvalue weighted by Crippen LogP contribution is 1.92. The molecular weight excluding hydrogens is 132 g/mol. The average molecular weight is 148 g/mol. The van der Waals surface area contributed by atoms with Crippen LogP contribution in [0.3, 0.4) is 0 Å². The summed E-state index contributed by atoms with van der Waals surface area (Å²) in [4.78, 5) is 0. The zero-order valence-electron chi connectivity index (χ0n) is 6.83. The molecule has 0 aliphatic rings. The maximum atomic E-state index is 8.80. The lowest BCUT2D eigenvalue weighted by molar-refractivity contribution is -0.0268. The lowest BCUT2D eigenvalue weighted by Crippen LogP contribution is -2.20. The minimum absolute atomic E-state index is 0.0691. The number of methoxy groups -OCH3 is 1. The minimum atomic E-state index is -0.390. The van der Waals surface area contributed by atoms with E-state index < -0.39 is 0 Å². The van der Waals surface area contributed by atoms with Crippen LogP contribution in [0, 0.1) is 0 Å². The molecule has 0 rings (SSSR count). The quantitative estimate of drug-likeness (QED) is 0.614. The van der Waals surface area contributed by atoms with Crippen molar-refractivity contribution in [3.05, 3.63) is 0 Å². The summed E-state index contributed by atoms with van der Waals surface area (Å²) in [6.07, 6.45) is -0.320. The molecule has 0 aliphatic carbocycles. The molecule has 0 aromatic rings. The molecule has 0 aliphatic heterocycles. The fourth-order valence-corrected chi connectivity index (χ4v) is 0.586. The van der Waals surface area contributed by atoms with E-state index in [0.29, 0.717) is 13.2 Å². The summed E-state index contributed by atoms with van der Waals surface area (Å²) in [7, 11) is 1.63. The highest BCUT2D eigenvalue weighted by atomic mass is 16.5. The normalized spacial score (nSPS) is 16.8. The second-order valence-corrected chi connectivity index (χ2v) is 2.45. The van der Waals surface area contributed by atoms with Crippen LogP contribution in [-0.2, 0) is 9.47 Å². The zero-order chi connectivity index (χ0) is 7.98. The Morgan fingerprint density at radius 1 is 1.30 bits per heavy atom. The molecule has 3 nitrogen and oxygen atoms in total. The van der Waals surface area contributed by atoms with Gasteiger partial charge in [-0.1, -0.05) is 0 Å². The third kappa shape index (κ3) is 6.01. The summed E-state index contributed by atoms with van der Waals surface area (Å²) in [5, 5.41) is 8.80. The molecule has 1 N–H and O–H groups in total. The third-order valence-electron chi connectivity index (χ3n) is 1.02. The summed E-state index contributed by atoms with van der Waals surface area (Å²) in [5.74, 6) is 0. The van der Waals surface area contributed by atoms with Crippen LogP contribution in [-0.4, -0.2) is 37.6 Å². The monoisotopic (exact) mass is 148 g/mol. The number of ether oxygens (including phenoxy) is 2. The predicted octanol–water partition coefficient (Wildman–Crippen LogP) is 0.419. The summed E-state index contributed by atoms with van der Waals surface area (Å²) < 4.78 is 10.00. The van der Waals surface area contributed by atoms with Crippen LogP contribution in [0.25, 0.3) is 0 Å². The van der Waals surface area contributed by atoms with Crippen molar-refractivity contribution in [2.24, 2.45) is 0 Å². The van der Waals surface area contributed by atoms with E-state index in [1.54, 1.807) is 14.0 Å². The van der Waals surface area contributed by atoms with Crippen molar-refractivity contribution in [2.45, 2.75) is 26.1 Å². The number of hydrogen-bond acceptors (Lipinski definition) is 3. The van der Waals surface area contributed by atoms with Gasteiger partial charge in [0.1, 0.15) is 0 Å². The molecule has 2 atom stereocenters. The van der Waals surface area contributed by atoms with Gasteiger partial charge in [-0.3, -0.25) is 0 Å². The Labute approximate surface area is 62.0 Å². The molecular formula is C7H16O3. The summed E-state index contributed by atoms with van der Waals surface area (Å²) in [6, 6.07) is 0. The van der Waals surface area contributed by atoms with E-state index >= 15 is 0 Å². The van der Waals surface area contributed by atoms with Crippen LogP contribution in [0.4, 0.5) is 0 Å². The van der Waals surface area contributed by atoms with Crippen molar-refractivity contribution in [2.75, 3.05) is 20.3 Å². The van der Waals surface area contributed by atoms with E-state index in [9.17, 15) is 0 Å². The first-order chi connectivity index (χ1) is 4.66. The molecule has 0 aromatic heterocycles. The largest absolute Gasteiger partial charge is 0.391 e. The van der Waals surface area contributed by atoms with Crippen LogP contribution in [0.15, 0.2) is 0 Å². The van der Waals surface area contributed by atoms with Crippen molar-refractivity contribution in [3.63, 3.8) is 0 Å². The van der Waals surface area contributed by atoms with Crippen LogP contribution >= 0.6 is 0 Å². The second-order valence-electron chi connectivity index (χ2n) is 2.45. The van der Waals surface area contributed by atoms with Crippen molar-refractivity contribution in [1.29, 1.82) is 0 Å². The van der Waals surface area contributed by atoms with Gasteiger partial charge in [0.05, 0.1) is 25.4 Å². The van der Waals surface area contributed by atoms with E-state index in [1.165, 1.54) is 0 Å². The van der Waals surface area contributed by atoms with E-state index in [-0.39, 0.29) is 12.2 Å². The molecule has 10 heavy (non-hydrogen) atoms. The highest BCUT2D eigenvalue weighted by molar-refractivity contribution is 4.48. The Morgan fingerprint density at radius 3 is 2.30 bits per heavy atom. The lowest BCUT2D eigenvalue weighted by Gasteiger charge is -2.12. The first-order valence-electron chi connectivity index (χ1n) is 3.45. The average Bonchev–Trinajstić information content (AvgIpc) is 1.85. The number of hydrogen-bond donors (Lipinski definition) is 1. The van der Waals surface area contributed by atoms with Gasteiger partial charge < -0.3 is 14.6 Å². The van der Waals surface area contributed by atoms with Crippen molar-refractivity contribution < 1.29 is 14.6 Å². The molecule has 0 spiro atoms. The number of rotatable bonds is 5. The van der Waals surface area contributed by atoms with Crippen LogP contribution < -0.4 is 0 Å². The molecule has 0 unspecified atom stereocenters. The summed E-state index contributed by atoms with van der Waals surface area (Å²) in [5.41, 5.74) is 0. The van der Waals surface area contributed by atoms with Crippen molar-refractivity contribution >= 4 is 0 Å². The van der Waals surface area contributed by atoms with Gasteiger partial charge >= 0.3 is 0 Å². The SMILES string of the molecule is COC[C@@H](C)OC[C@@H](C)O. The van der Waals surface area contributed by atoms with Gasteiger partial charge in [0.15, 0.2) is 0 Å².